The minimum absolute atomic E-state index is 0.147. The second kappa shape index (κ2) is 6.92. The van der Waals surface area contributed by atoms with Crippen LogP contribution in [0.3, 0.4) is 0 Å². The smallest absolute Gasteiger partial charge is 0.385 e. The van der Waals surface area contributed by atoms with Gasteiger partial charge < -0.3 is 10.0 Å². The number of carbonyl (C=O) groups excluding carboxylic acids is 1. The van der Waals surface area contributed by atoms with Gasteiger partial charge in [0, 0.05) is 24.6 Å². The van der Waals surface area contributed by atoms with Crippen LogP contribution in [0.1, 0.15) is 53.8 Å². The predicted molar refractivity (Wildman–Crippen MR) is 95.3 cm³/mol. The standard InChI is InChI=1S/C20H22F3N3O2/c21-20(22,23)17-12-15(24-25-17)18(27)26-11-10-19(28,13-6-2-1-3-7-13)14-8-4-5-9-16(14)26/h1-3,6-7,12,14,16,28H,4-5,8-11H2,(H,24,25). The summed E-state index contributed by atoms with van der Waals surface area (Å²) in [5, 5.41) is 17.0. The Morgan fingerprint density at radius 1 is 1.21 bits per heavy atom. The first-order valence-corrected chi connectivity index (χ1v) is 9.52. The van der Waals surface area contributed by atoms with E-state index in [1.807, 2.05) is 30.3 Å². The van der Waals surface area contributed by atoms with E-state index in [0.717, 1.165) is 37.3 Å². The van der Waals surface area contributed by atoms with Crippen LogP contribution in [0.5, 0.6) is 0 Å². The third kappa shape index (κ3) is 3.19. The first kappa shape index (κ1) is 19.0. The predicted octanol–water partition coefficient (Wildman–Crippen LogP) is 3.72. The van der Waals surface area contributed by atoms with Crippen LogP contribution in [0.25, 0.3) is 0 Å². The summed E-state index contributed by atoms with van der Waals surface area (Å²) in [7, 11) is 0. The molecule has 1 aliphatic heterocycles. The number of nitrogens with one attached hydrogen (secondary N) is 1. The van der Waals surface area contributed by atoms with Crippen molar-refractivity contribution in [1.29, 1.82) is 0 Å². The highest BCUT2D eigenvalue weighted by molar-refractivity contribution is 5.92. The number of hydrogen-bond acceptors (Lipinski definition) is 3. The van der Waals surface area contributed by atoms with Gasteiger partial charge in [0.05, 0.1) is 5.60 Å². The van der Waals surface area contributed by atoms with Gasteiger partial charge in [0.25, 0.3) is 5.91 Å². The number of fused-ring (bicyclic) bond motifs is 1. The molecule has 1 saturated heterocycles. The fourth-order valence-corrected chi connectivity index (χ4v) is 4.75. The zero-order valence-electron chi connectivity index (χ0n) is 15.2. The lowest BCUT2D eigenvalue weighted by Gasteiger charge is -2.52. The molecule has 2 aliphatic rings. The molecule has 3 unspecified atom stereocenters. The van der Waals surface area contributed by atoms with Gasteiger partial charge in [-0.2, -0.15) is 18.3 Å². The maximum atomic E-state index is 12.9. The highest BCUT2D eigenvalue weighted by Crippen LogP contribution is 2.47. The number of aliphatic hydroxyl groups is 1. The number of H-pyrrole nitrogens is 1. The van der Waals surface area contributed by atoms with Gasteiger partial charge in [0.15, 0.2) is 5.69 Å². The minimum atomic E-state index is -4.60. The number of alkyl halides is 3. The Bertz CT molecular complexity index is 852. The number of rotatable bonds is 2. The summed E-state index contributed by atoms with van der Waals surface area (Å²) in [6.45, 7) is 0.283. The van der Waals surface area contributed by atoms with Crippen molar-refractivity contribution in [1.82, 2.24) is 15.1 Å². The SMILES string of the molecule is O=C(c1cc(C(F)(F)F)n[nH]1)N1CCC(O)(c2ccccc2)C2CCCCC21. The van der Waals surface area contributed by atoms with E-state index in [1.165, 1.54) is 0 Å². The van der Waals surface area contributed by atoms with Crippen molar-refractivity contribution in [2.75, 3.05) is 6.54 Å². The van der Waals surface area contributed by atoms with E-state index >= 15 is 0 Å². The van der Waals surface area contributed by atoms with E-state index < -0.39 is 23.4 Å². The first-order valence-electron chi connectivity index (χ1n) is 9.52. The number of aromatic amines is 1. The summed E-state index contributed by atoms with van der Waals surface area (Å²) in [6, 6.07) is 10.00. The van der Waals surface area contributed by atoms with E-state index in [0.29, 0.717) is 6.42 Å². The van der Waals surface area contributed by atoms with Crippen LogP contribution in [0.4, 0.5) is 13.2 Å². The number of amides is 1. The van der Waals surface area contributed by atoms with Gasteiger partial charge in [0.2, 0.25) is 0 Å². The topological polar surface area (TPSA) is 69.2 Å². The number of piperidine rings is 1. The van der Waals surface area contributed by atoms with Crippen molar-refractivity contribution in [2.24, 2.45) is 5.92 Å². The largest absolute Gasteiger partial charge is 0.435 e. The molecule has 1 aromatic carbocycles. The molecule has 4 rings (SSSR count). The number of likely N-dealkylation sites (tertiary alicyclic amines) is 1. The molecule has 0 spiro atoms. The number of carbonyl (C=O) groups is 1. The van der Waals surface area contributed by atoms with Crippen LogP contribution < -0.4 is 0 Å². The summed E-state index contributed by atoms with van der Waals surface area (Å²) in [5.41, 5.74) is -1.47. The molecule has 3 atom stereocenters. The number of nitrogens with zero attached hydrogens (tertiary/aromatic N) is 2. The van der Waals surface area contributed by atoms with Gasteiger partial charge in [-0.3, -0.25) is 9.89 Å². The van der Waals surface area contributed by atoms with Gasteiger partial charge in [-0.1, -0.05) is 43.2 Å². The van der Waals surface area contributed by atoms with Gasteiger partial charge in [0.1, 0.15) is 5.69 Å². The lowest BCUT2D eigenvalue weighted by molar-refractivity contribution is -0.141. The van der Waals surface area contributed by atoms with Gasteiger partial charge in [-0.15, -0.1) is 0 Å². The maximum absolute atomic E-state index is 12.9. The molecular formula is C20H22F3N3O2. The molecule has 8 heteroatoms. The van der Waals surface area contributed by atoms with Crippen molar-refractivity contribution in [2.45, 2.75) is 49.9 Å². The zero-order chi connectivity index (χ0) is 19.9. The number of hydrogen-bond donors (Lipinski definition) is 2. The molecule has 1 amide bonds. The number of benzene rings is 1. The van der Waals surface area contributed by atoms with E-state index in [2.05, 4.69) is 10.2 Å². The Hall–Kier alpha value is -2.35. The summed E-state index contributed by atoms with van der Waals surface area (Å²) >= 11 is 0. The van der Waals surface area contributed by atoms with Crippen LogP contribution >= 0.6 is 0 Å². The van der Waals surface area contributed by atoms with Crippen molar-refractivity contribution in [3.05, 3.63) is 53.3 Å². The molecule has 0 radical (unpaired) electrons. The van der Waals surface area contributed by atoms with Gasteiger partial charge >= 0.3 is 6.18 Å². The second-order valence-electron chi connectivity index (χ2n) is 7.66. The summed E-state index contributed by atoms with van der Waals surface area (Å²) in [5.74, 6) is -0.638. The van der Waals surface area contributed by atoms with E-state index in [1.54, 1.807) is 4.90 Å². The van der Waals surface area contributed by atoms with Crippen molar-refractivity contribution in [3.8, 4) is 0 Å². The quantitative estimate of drug-likeness (QED) is 0.817. The normalized spacial score (nSPS) is 28.1. The molecule has 2 heterocycles. The minimum Gasteiger partial charge on any atom is -0.385 e. The zero-order valence-corrected chi connectivity index (χ0v) is 15.2. The summed E-state index contributed by atoms with van der Waals surface area (Å²) < 4.78 is 38.5. The third-order valence-corrected chi connectivity index (χ3v) is 6.11. The van der Waals surface area contributed by atoms with Crippen LogP contribution in [0.2, 0.25) is 0 Å². The highest BCUT2D eigenvalue weighted by Gasteiger charge is 2.50. The fourth-order valence-electron chi connectivity index (χ4n) is 4.75. The monoisotopic (exact) mass is 393 g/mol. The fraction of sp³-hybridized carbons (Fsp3) is 0.500. The summed E-state index contributed by atoms with van der Waals surface area (Å²) in [6.07, 6.45) is -0.863. The molecule has 2 N–H and O–H groups in total. The molecule has 1 aromatic heterocycles. The third-order valence-electron chi connectivity index (χ3n) is 6.11. The Kier molecular flexibility index (Phi) is 4.69. The molecule has 1 aliphatic carbocycles. The second-order valence-corrected chi connectivity index (χ2v) is 7.66. The Balaban J connectivity index is 1.62. The summed E-state index contributed by atoms with van der Waals surface area (Å²) in [4.78, 5) is 14.6. The van der Waals surface area contributed by atoms with Crippen LogP contribution in [-0.2, 0) is 11.8 Å². The van der Waals surface area contributed by atoms with E-state index in [4.69, 9.17) is 0 Å². The van der Waals surface area contributed by atoms with Crippen LogP contribution in [0, 0.1) is 5.92 Å². The lowest BCUT2D eigenvalue weighted by atomic mass is 9.66. The van der Waals surface area contributed by atoms with Gasteiger partial charge in [-0.05, 0) is 24.8 Å². The number of aromatic nitrogens is 2. The Labute approximate surface area is 160 Å². The van der Waals surface area contributed by atoms with E-state index in [9.17, 15) is 23.1 Å². The van der Waals surface area contributed by atoms with Crippen LogP contribution in [-0.4, -0.2) is 38.7 Å². The Morgan fingerprint density at radius 3 is 2.61 bits per heavy atom. The molecule has 1 saturated carbocycles. The molecule has 0 bridgehead atoms. The van der Waals surface area contributed by atoms with Crippen molar-refractivity contribution in [3.63, 3.8) is 0 Å². The molecule has 2 aromatic rings. The van der Waals surface area contributed by atoms with Crippen LogP contribution in [0.15, 0.2) is 36.4 Å². The molecular weight excluding hydrogens is 371 g/mol. The maximum Gasteiger partial charge on any atom is 0.435 e. The Morgan fingerprint density at radius 2 is 1.93 bits per heavy atom. The molecule has 28 heavy (non-hydrogen) atoms. The molecule has 5 nitrogen and oxygen atoms in total. The van der Waals surface area contributed by atoms with Gasteiger partial charge in [-0.25, -0.2) is 0 Å². The van der Waals surface area contributed by atoms with Crippen molar-refractivity contribution < 1.29 is 23.1 Å². The van der Waals surface area contributed by atoms with E-state index in [-0.39, 0.29) is 24.2 Å². The van der Waals surface area contributed by atoms with Crippen molar-refractivity contribution >= 4 is 5.91 Å². The average Bonchev–Trinajstić information content (AvgIpc) is 3.20. The number of halogens is 3. The first-order chi connectivity index (χ1) is 13.3. The molecule has 2 fully saturated rings. The molecule has 150 valence electrons. The lowest BCUT2D eigenvalue weighted by Crippen LogP contribution is -2.59. The average molecular weight is 393 g/mol. The highest BCUT2D eigenvalue weighted by atomic mass is 19.4.